The number of carboxylic acid groups (broad SMARTS) is 1. The Hall–Kier alpha value is -2.89. The Morgan fingerprint density at radius 3 is 2.92 bits per heavy atom. The number of oxazole rings is 1. The van der Waals surface area contributed by atoms with Gasteiger partial charge in [0.2, 0.25) is 5.89 Å². The van der Waals surface area contributed by atoms with E-state index in [1.54, 1.807) is 0 Å². The van der Waals surface area contributed by atoms with Crippen molar-refractivity contribution in [1.29, 1.82) is 0 Å². The first-order chi connectivity index (χ1) is 11.9. The minimum Gasteiger partial charge on any atom is -0.487 e. The third kappa shape index (κ3) is 2.45. The number of rotatable bonds is 3. The Labute approximate surface area is 144 Å². The highest BCUT2D eigenvalue weighted by Gasteiger charge is 2.36. The molecule has 4 rings (SSSR count). The number of carboxylic acids is 1. The number of fused-ring (bicyclic) bond motifs is 2. The molecule has 128 valence electrons. The minimum absolute atomic E-state index is 0.0637. The first kappa shape index (κ1) is 15.6. The molecular weight excluding hydrogens is 320 g/mol. The summed E-state index contributed by atoms with van der Waals surface area (Å²) in [5, 5.41) is 9.07. The van der Waals surface area contributed by atoms with Crippen LogP contribution in [0.15, 0.2) is 28.8 Å². The van der Waals surface area contributed by atoms with Crippen LogP contribution in [0.4, 0.5) is 0 Å². The molecule has 1 aliphatic rings. The second-order valence-corrected chi connectivity index (χ2v) is 6.68. The Balaban J connectivity index is 1.85. The van der Waals surface area contributed by atoms with Crippen molar-refractivity contribution in [3.8, 4) is 17.2 Å². The van der Waals surface area contributed by atoms with Crippen molar-refractivity contribution < 1.29 is 19.1 Å². The molecule has 1 atom stereocenters. The summed E-state index contributed by atoms with van der Waals surface area (Å²) in [6, 6.07) is 5.37. The molecule has 6 nitrogen and oxygen atoms in total. The standard InChI is InChI=1S/C19H18N2O4/c1-4-19(3)8-12-11(6-5-10(2)16(12)25-19)17-21-14-9-20-13(18(22)23)7-15(14)24-17/h5-7,9H,4,8H2,1-3H3,(H,22,23). The molecule has 25 heavy (non-hydrogen) atoms. The van der Waals surface area contributed by atoms with Gasteiger partial charge in [-0.15, -0.1) is 0 Å². The molecule has 2 aromatic heterocycles. The molecule has 1 aliphatic heterocycles. The maximum atomic E-state index is 11.1. The lowest BCUT2D eigenvalue weighted by Gasteiger charge is -2.21. The van der Waals surface area contributed by atoms with E-state index in [2.05, 4.69) is 23.8 Å². The van der Waals surface area contributed by atoms with E-state index in [-0.39, 0.29) is 11.3 Å². The van der Waals surface area contributed by atoms with Crippen LogP contribution in [0.25, 0.3) is 22.6 Å². The normalized spacial score (nSPS) is 19.0. The molecular formula is C19H18N2O4. The van der Waals surface area contributed by atoms with Crippen LogP contribution >= 0.6 is 0 Å². The number of aromatic carboxylic acids is 1. The summed E-state index contributed by atoms with van der Waals surface area (Å²) in [5.41, 5.74) is 3.70. The summed E-state index contributed by atoms with van der Waals surface area (Å²) in [7, 11) is 0. The van der Waals surface area contributed by atoms with Crippen molar-refractivity contribution >= 4 is 17.1 Å². The van der Waals surface area contributed by atoms with E-state index < -0.39 is 5.97 Å². The van der Waals surface area contributed by atoms with E-state index in [0.29, 0.717) is 17.0 Å². The molecule has 0 saturated heterocycles. The van der Waals surface area contributed by atoms with Crippen molar-refractivity contribution in [3.63, 3.8) is 0 Å². The fourth-order valence-electron chi connectivity index (χ4n) is 3.18. The number of benzene rings is 1. The smallest absolute Gasteiger partial charge is 0.354 e. The van der Waals surface area contributed by atoms with Crippen LogP contribution in [-0.4, -0.2) is 26.6 Å². The molecule has 1 unspecified atom stereocenters. The van der Waals surface area contributed by atoms with Crippen molar-refractivity contribution in [2.45, 2.75) is 39.2 Å². The fraction of sp³-hybridized carbons (Fsp3) is 0.316. The average Bonchev–Trinajstić information content (AvgIpc) is 3.16. The van der Waals surface area contributed by atoms with Crippen molar-refractivity contribution in [3.05, 3.63) is 41.2 Å². The van der Waals surface area contributed by atoms with Crippen molar-refractivity contribution in [1.82, 2.24) is 9.97 Å². The van der Waals surface area contributed by atoms with Crippen LogP contribution in [0.2, 0.25) is 0 Å². The molecule has 6 heteroatoms. The van der Waals surface area contributed by atoms with Crippen LogP contribution in [0.5, 0.6) is 5.75 Å². The van der Waals surface area contributed by atoms with E-state index >= 15 is 0 Å². The van der Waals surface area contributed by atoms with Gasteiger partial charge < -0.3 is 14.3 Å². The van der Waals surface area contributed by atoms with E-state index in [0.717, 1.165) is 35.3 Å². The molecule has 0 saturated carbocycles. The van der Waals surface area contributed by atoms with Crippen LogP contribution < -0.4 is 4.74 Å². The highest BCUT2D eigenvalue weighted by Crippen LogP contribution is 2.44. The van der Waals surface area contributed by atoms with Crippen molar-refractivity contribution in [2.24, 2.45) is 0 Å². The summed E-state index contributed by atoms with van der Waals surface area (Å²) < 4.78 is 12.0. The highest BCUT2D eigenvalue weighted by atomic mass is 16.5. The molecule has 3 aromatic rings. The highest BCUT2D eigenvalue weighted by molar-refractivity contribution is 5.89. The Kier molecular flexibility index (Phi) is 3.32. The summed E-state index contributed by atoms with van der Waals surface area (Å²) in [6.45, 7) is 6.24. The third-order valence-electron chi connectivity index (χ3n) is 4.83. The van der Waals surface area contributed by atoms with Crippen LogP contribution in [0, 0.1) is 6.92 Å². The second-order valence-electron chi connectivity index (χ2n) is 6.68. The molecule has 1 N–H and O–H groups in total. The van der Waals surface area contributed by atoms with Gasteiger partial charge in [-0.1, -0.05) is 13.0 Å². The first-order valence-electron chi connectivity index (χ1n) is 8.22. The zero-order chi connectivity index (χ0) is 17.8. The molecule has 0 amide bonds. The number of aryl methyl sites for hydroxylation is 1. The van der Waals surface area contributed by atoms with Gasteiger partial charge in [0.05, 0.1) is 6.20 Å². The third-order valence-corrected chi connectivity index (χ3v) is 4.83. The van der Waals surface area contributed by atoms with E-state index in [1.165, 1.54) is 12.3 Å². The molecule has 3 heterocycles. The zero-order valence-electron chi connectivity index (χ0n) is 14.3. The quantitative estimate of drug-likeness (QED) is 0.777. The largest absolute Gasteiger partial charge is 0.487 e. The van der Waals surface area contributed by atoms with E-state index in [4.69, 9.17) is 14.3 Å². The summed E-state index contributed by atoms with van der Waals surface area (Å²) in [4.78, 5) is 19.5. The van der Waals surface area contributed by atoms with Gasteiger partial charge in [-0.2, -0.15) is 0 Å². The van der Waals surface area contributed by atoms with Crippen LogP contribution in [0.1, 0.15) is 41.9 Å². The molecule has 0 spiro atoms. The minimum atomic E-state index is -1.09. The predicted octanol–water partition coefficient (Wildman–Crippen LogP) is 4.00. The van der Waals surface area contributed by atoms with Gasteiger partial charge in [-0.25, -0.2) is 14.8 Å². The Morgan fingerprint density at radius 2 is 2.20 bits per heavy atom. The van der Waals surface area contributed by atoms with Gasteiger partial charge in [-0.3, -0.25) is 0 Å². The van der Waals surface area contributed by atoms with Crippen molar-refractivity contribution in [2.75, 3.05) is 0 Å². The number of hydrogen-bond acceptors (Lipinski definition) is 5. The monoisotopic (exact) mass is 338 g/mol. The number of ether oxygens (including phenoxy) is 1. The molecule has 0 aliphatic carbocycles. The van der Waals surface area contributed by atoms with Gasteiger partial charge in [0.1, 0.15) is 16.9 Å². The molecule has 0 fully saturated rings. The predicted molar refractivity (Wildman–Crippen MR) is 92.0 cm³/mol. The maximum Gasteiger partial charge on any atom is 0.354 e. The number of pyridine rings is 1. The van der Waals surface area contributed by atoms with E-state index in [1.807, 2.05) is 19.1 Å². The van der Waals surface area contributed by atoms with Crippen LogP contribution in [0.3, 0.4) is 0 Å². The van der Waals surface area contributed by atoms with Gasteiger partial charge in [0.25, 0.3) is 0 Å². The lowest BCUT2D eigenvalue weighted by atomic mass is 9.93. The first-order valence-corrected chi connectivity index (χ1v) is 8.22. The number of hydrogen-bond donors (Lipinski definition) is 1. The summed E-state index contributed by atoms with van der Waals surface area (Å²) >= 11 is 0. The zero-order valence-corrected chi connectivity index (χ0v) is 14.3. The van der Waals surface area contributed by atoms with Gasteiger partial charge in [0, 0.05) is 23.6 Å². The van der Waals surface area contributed by atoms with Crippen LogP contribution in [-0.2, 0) is 6.42 Å². The van der Waals surface area contributed by atoms with Gasteiger partial charge in [-0.05, 0) is 31.9 Å². The van der Waals surface area contributed by atoms with E-state index in [9.17, 15) is 4.79 Å². The topological polar surface area (TPSA) is 85.5 Å². The maximum absolute atomic E-state index is 11.1. The fourth-order valence-corrected chi connectivity index (χ4v) is 3.18. The lowest BCUT2D eigenvalue weighted by Crippen LogP contribution is -2.28. The number of aromatic nitrogens is 2. The molecule has 0 bridgehead atoms. The number of nitrogens with zero attached hydrogens (tertiary/aromatic N) is 2. The molecule has 1 aromatic carbocycles. The lowest BCUT2D eigenvalue weighted by molar-refractivity contribution is 0.0690. The number of carbonyl (C=O) groups is 1. The SMILES string of the molecule is CCC1(C)Cc2c(-c3nc4cnc(C(=O)O)cc4o3)ccc(C)c2O1. The van der Waals surface area contributed by atoms with Gasteiger partial charge in [0.15, 0.2) is 11.3 Å². The molecule has 0 radical (unpaired) electrons. The summed E-state index contributed by atoms with van der Waals surface area (Å²) in [6.07, 6.45) is 3.11. The second kappa shape index (κ2) is 5.31. The summed E-state index contributed by atoms with van der Waals surface area (Å²) in [5.74, 6) is 0.260. The average molecular weight is 338 g/mol. The van der Waals surface area contributed by atoms with Gasteiger partial charge >= 0.3 is 5.97 Å². The Bertz CT molecular complexity index is 1010. The Morgan fingerprint density at radius 1 is 1.40 bits per heavy atom.